The molecule has 0 aliphatic heterocycles. The van der Waals surface area contributed by atoms with Gasteiger partial charge in [0.15, 0.2) is 11.6 Å². The average molecular weight is 190 g/mol. The van der Waals surface area contributed by atoms with E-state index in [0.717, 1.165) is 0 Å². The molecule has 5 heteroatoms. The van der Waals surface area contributed by atoms with Crippen molar-refractivity contribution in [3.8, 4) is 0 Å². The minimum Gasteiger partial charge on any atom is -0.291 e. The summed E-state index contributed by atoms with van der Waals surface area (Å²) in [6.45, 7) is 1.42. The Balaban J connectivity index is 2.98. The zero-order valence-electron chi connectivity index (χ0n) is 4.68. The number of Topliss-reactive ketones (excluding diaryl/α,β-unsaturated/α-hetero) is 1. The maximum Gasteiger partial charge on any atom is 0.217 e. The smallest absolute Gasteiger partial charge is 0.217 e. The van der Waals surface area contributed by atoms with Crippen LogP contribution in [0.3, 0.4) is 0 Å². The number of ketones is 1. The molecule has 1 aromatic heterocycles. The van der Waals surface area contributed by atoms with Crippen molar-refractivity contribution in [2.75, 3.05) is 0 Å². The lowest BCUT2D eigenvalue weighted by Crippen LogP contribution is -1.93. The summed E-state index contributed by atoms with van der Waals surface area (Å²) in [5, 5.41) is 6.04. The van der Waals surface area contributed by atoms with E-state index in [1.165, 1.54) is 6.92 Å². The highest BCUT2D eigenvalue weighted by molar-refractivity contribution is 9.10. The highest BCUT2D eigenvalue weighted by atomic mass is 79.9. The van der Waals surface area contributed by atoms with Gasteiger partial charge in [0, 0.05) is 6.92 Å². The summed E-state index contributed by atoms with van der Waals surface area (Å²) in [5.41, 5.74) is 0. The number of nitrogens with zero attached hydrogens (tertiary/aromatic N) is 2. The summed E-state index contributed by atoms with van der Waals surface area (Å²) < 4.78 is 0.410. The number of H-pyrrole nitrogens is 1. The van der Waals surface area contributed by atoms with Crippen molar-refractivity contribution < 1.29 is 4.79 Å². The lowest BCUT2D eigenvalue weighted by molar-refractivity contribution is 0.100. The van der Waals surface area contributed by atoms with E-state index in [0.29, 0.717) is 4.73 Å². The van der Waals surface area contributed by atoms with Crippen LogP contribution in [0.2, 0.25) is 0 Å². The second-order valence-electron chi connectivity index (χ2n) is 1.51. The van der Waals surface area contributed by atoms with Gasteiger partial charge in [0.25, 0.3) is 0 Å². The van der Waals surface area contributed by atoms with Gasteiger partial charge in [0.2, 0.25) is 4.73 Å². The second-order valence-corrected chi connectivity index (χ2v) is 2.22. The zero-order chi connectivity index (χ0) is 6.85. The maximum absolute atomic E-state index is 10.5. The van der Waals surface area contributed by atoms with Crippen LogP contribution in [0.15, 0.2) is 4.73 Å². The molecule has 1 heterocycles. The molecular formula is C4H4BrN3O. The number of rotatable bonds is 1. The Morgan fingerprint density at radius 3 is 2.67 bits per heavy atom. The molecule has 0 bridgehead atoms. The van der Waals surface area contributed by atoms with Crippen LogP contribution in [0.1, 0.15) is 17.5 Å². The van der Waals surface area contributed by atoms with Crippen LogP contribution >= 0.6 is 15.9 Å². The molecule has 48 valence electrons. The van der Waals surface area contributed by atoms with Crippen molar-refractivity contribution in [3.05, 3.63) is 10.6 Å². The Morgan fingerprint density at radius 2 is 2.44 bits per heavy atom. The number of hydrogen-bond acceptors (Lipinski definition) is 3. The molecule has 1 aromatic rings. The molecular weight excluding hydrogens is 186 g/mol. The average Bonchev–Trinajstić information content (AvgIpc) is 2.14. The van der Waals surface area contributed by atoms with Crippen LogP contribution in [0, 0.1) is 0 Å². The monoisotopic (exact) mass is 189 g/mol. The molecule has 0 atom stereocenters. The molecule has 0 unspecified atom stereocenters. The van der Waals surface area contributed by atoms with Crippen molar-refractivity contribution in [2.45, 2.75) is 6.92 Å². The Morgan fingerprint density at radius 1 is 1.78 bits per heavy atom. The van der Waals surface area contributed by atoms with Crippen molar-refractivity contribution in [1.29, 1.82) is 0 Å². The molecule has 0 aliphatic carbocycles. The van der Waals surface area contributed by atoms with E-state index in [9.17, 15) is 4.79 Å². The van der Waals surface area contributed by atoms with Gasteiger partial charge in [0.05, 0.1) is 0 Å². The van der Waals surface area contributed by atoms with Crippen molar-refractivity contribution in [1.82, 2.24) is 15.2 Å². The predicted molar refractivity (Wildman–Crippen MR) is 34.1 cm³/mol. The van der Waals surface area contributed by atoms with E-state index in [1.807, 2.05) is 0 Å². The fourth-order valence-electron chi connectivity index (χ4n) is 0.399. The highest BCUT2D eigenvalue weighted by Gasteiger charge is 2.02. The Hall–Kier alpha value is -0.710. The van der Waals surface area contributed by atoms with Crippen LogP contribution in [-0.4, -0.2) is 21.0 Å². The molecule has 0 aromatic carbocycles. The molecule has 0 amide bonds. The number of halogens is 1. The zero-order valence-corrected chi connectivity index (χ0v) is 6.27. The van der Waals surface area contributed by atoms with E-state index >= 15 is 0 Å². The lowest BCUT2D eigenvalue weighted by atomic mass is 10.4. The third kappa shape index (κ3) is 1.35. The van der Waals surface area contributed by atoms with Gasteiger partial charge in [-0.2, -0.15) is 4.98 Å². The molecule has 9 heavy (non-hydrogen) atoms. The van der Waals surface area contributed by atoms with Crippen molar-refractivity contribution in [3.63, 3.8) is 0 Å². The van der Waals surface area contributed by atoms with Crippen LogP contribution < -0.4 is 0 Å². The standard InChI is InChI=1S/C4H4BrN3O/c1-2(9)3-6-4(5)8-7-3/h1H3,(H,6,7,8). The van der Waals surface area contributed by atoms with Gasteiger partial charge in [-0.25, -0.2) is 0 Å². The van der Waals surface area contributed by atoms with Gasteiger partial charge in [-0.3, -0.25) is 9.89 Å². The van der Waals surface area contributed by atoms with E-state index in [2.05, 4.69) is 31.1 Å². The first-order valence-electron chi connectivity index (χ1n) is 2.29. The van der Waals surface area contributed by atoms with Crippen molar-refractivity contribution >= 4 is 21.7 Å². The second kappa shape index (κ2) is 2.26. The molecule has 0 radical (unpaired) electrons. The van der Waals surface area contributed by atoms with E-state index < -0.39 is 0 Å². The molecule has 4 nitrogen and oxygen atoms in total. The summed E-state index contributed by atoms with van der Waals surface area (Å²) in [6.07, 6.45) is 0. The fourth-order valence-corrected chi connectivity index (χ4v) is 0.665. The summed E-state index contributed by atoms with van der Waals surface area (Å²) >= 11 is 2.99. The van der Waals surface area contributed by atoms with Gasteiger partial charge in [-0.1, -0.05) is 0 Å². The predicted octanol–water partition coefficient (Wildman–Crippen LogP) is 0.770. The molecule has 0 saturated carbocycles. The number of aromatic amines is 1. The SMILES string of the molecule is CC(=O)c1nc(Br)n[nH]1. The van der Waals surface area contributed by atoms with Gasteiger partial charge in [0.1, 0.15) is 0 Å². The fraction of sp³-hybridized carbons (Fsp3) is 0.250. The minimum absolute atomic E-state index is 0.117. The van der Waals surface area contributed by atoms with E-state index in [1.54, 1.807) is 0 Å². The molecule has 0 spiro atoms. The Kier molecular flexibility index (Phi) is 1.61. The maximum atomic E-state index is 10.5. The minimum atomic E-state index is -0.117. The molecule has 0 fully saturated rings. The largest absolute Gasteiger partial charge is 0.291 e. The van der Waals surface area contributed by atoms with Crippen molar-refractivity contribution in [2.24, 2.45) is 0 Å². The quantitative estimate of drug-likeness (QED) is 0.665. The summed E-state index contributed by atoms with van der Waals surface area (Å²) in [4.78, 5) is 14.2. The van der Waals surface area contributed by atoms with E-state index in [-0.39, 0.29) is 11.6 Å². The first kappa shape index (κ1) is 6.41. The first-order valence-corrected chi connectivity index (χ1v) is 3.08. The lowest BCUT2D eigenvalue weighted by Gasteiger charge is -1.78. The Labute approximate surface area is 59.8 Å². The number of nitrogens with one attached hydrogen (secondary N) is 1. The van der Waals surface area contributed by atoms with Crippen LogP contribution in [0.25, 0.3) is 0 Å². The Bertz CT molecular complexity index is 231. The van der Waals surface area contributed by atoms with Gasteiger partial charge < -0.3 is 0 Å². The van der Waals surface area contributed by atoms with Crippen LogP contribution in [-0.2, 0) is 0 Å². The number of carbonyl (C=O) groups is 1. The number of hydrogen-bond donors (Lipinski definition) is 1. The van der Waals surface area contributed by atoms with Crippen LogP contribution in [0.4, 0.5) is 0 Å². The third-order valence-electron chi connectivity index (χ3n) is 0.792. The molecule has 0 aliphatic rings. The normalized spacial score (nSPS) is 9.56. The molecule has 1 N–H and O–H groups in total. The summed E-state index contributed by atoms with van der Waals surface area (Å²) in [5.74, 6) is 0.162. The van der Waals surface area contributed by atoms with E-state index in [4.69, 9.17) is 0 Å². The topological polar surface area (TPSA) is 58.6 Å². The molecule has 0 saturated heterocycles. The number of carbonyl (C=O) groups excluding carboxylic acids is 1. The van der Waals surface area contributed by atoms with Gasteiger partial charge in [-0.15, -0.1) is 5.10 Å². The number of aromatic nitrogens is 3. The highest BCUT2D eigenvalue weighted by Crippen LogP contribution is 1.99. The van der Waals surface area contributed by atoms with Gasteiger partial charge >= 0.3 is 0 Å². The van der Waals surface area contributed by atoms with Crippen LogP contribution in [0.5, 0.6) is 0 Å². The summed E-state index contributed by atoms with van der Waals surface area (Å²) in [7, 11) is 0. The molecule has 1 rings (SSSR count). The third-order valence-corrected chi connectivity index (χ3v) is 1.15. The first-order chi connectivity index (χ1) is 4.20. The van der Waals surface area contributed by atoms with Gasteiger partial charge in [-0.05, 0) is 15.9 Å². The summed E-state index contributed by atoms with van der Waals surface area (Å²) in [6, 6.07) is 0.